The van der Waals surface area contributed by atoms with Gasteiger partial charge in [0.05, 0.1) is 13.2 Å². The third kappa shape index (κ3) is 2.26. The first-order valence-corrected chi connectivity index (χ1v) is 5.19. The van der Waals surface area contributed by atoms with Crippen LogP contribution in [-0.4, -0.2) is 31.0 Å². The van der Waals surface area contributed by atoms with Crippen molar-refractivity contribution < 1.29 is 9.30 Å². The van der Waals surface area contributed by atoms with Gasteiger partial charge in [0.2, 0.25) is 7.30 Å². The van der Waals surface area contributed by atoms with E-state index >= 15 is 0 Å². The number of hydrogen-bond donors (Lipinski definition) is 0. The molecule has 1 aliphatic heterocycles. The molecule has 0 amide bonds. The highest BCUT2D eigenvalue weighted by Gasteiger charge is 2.12. The molecule has 54 valence electrons. The first kappa shape index (κ1) is 7.55. The molecule has 1 heterocycles. The molecule has 0 radical (unpaired) electrons. The van der Waals surface area contributed by atoms with Crippen LogP contribution in [0.15, 0.2) is 0 Å². The lowest BCUT2D eigenvalue weighted by Gasteiger charge is -2.22. The Labute approximate surface area is 59.6 Å². The van der Waals surface area contributed by atoms with Crippen molar-refractivity contribution in [2.75, 3.05) is 26.3 Å². The van der Waals surface area contributed by atoms with Gasteiger partial charge in [0.1, 0.15) is 0 Å². The maximum absolute atomic E-state index is 10.6. The van der Waals surface area contributed by atoms with E-state index in [0.717, 1.165) is 0 Å². The third-order valence-corrected chi connectivity index (χ3v) is 2.92. The van der Waals surface area contributed by atoms with Gasteiger partial charge in [-0.15, -0.1) is 0 Å². The standard InChI is InChI=1S/C4H9ClNO2P/c5-9(7)6-1-3-8-4-2-6/h9H,1-4H2. The first-order valence-electron chi connectivity index (χ1n) is 2.83. The molecular formula is C4H9ClNO2P. The van der Waals surface area contributed by atoms with Crippen molar-refractivity contribution in [3.8, 4) is 0 Å². The molecule has 3 nitrogen and oxygen atoms in total. The van der Waals surface area contributed by atoms with Gasteiger partial charge in [-0.3, -0.25) is 4.57 Å². The second-order valence-electron chi connectivity index (χ2n) is 1.85. The number of morpholine rings is 1. The molecule has 0 aromatic heterocycles. The van der Waals surface area contributed by atoms with Crippen LogP contribution >= 0.6 is 18.5 Å². The van der Waals surface area contributed by atoms with Crippen LogP contribution in [0, 0.1) is 0 Å². The molecule has 0 spiro atoms. The summed E-state index contributed by atoms with van der Waals surface area (Å²) in [5, 5.41) is 0. The fourth-order valence-electron chi connectivity index (χ4n) is 0.739. The van der Waals surface area contributed by atoms with Crippen LogP contribution in [0.25, 0.3) is 0 Å². The Kier molecular flexibility index (Phi) is 2.99. The minimum absolute atomic E-state index is 0.656. The van der Waals surface area contributed by atoms with Crippen LogP contribution in [0.4, 0.5) is 0 Å². The minimum Gasteiger partial charge on any atom is -0.379 e. The largest absolute Gasteiger partial charge is 0.379 e. The fourth-order valence-corrected chi connectivity index (χ4v) is 1.78. The lowest BCUT2D eigenvalue weighted by molar-refractivity contribution is 0.0745. The van der Waals surface area contributed by atoms with Gasteiger partial charge in [0.15, 0.2) is 0 Å². The second kappa shape index (κ2) is 3.57. The number of nitrogens with zero attached hydrogens (tertiary/aromatic N) is 1. The monoisotopic (exact) mass is 169 g/mol. The topological polar surface area (TPSA) is 29.5 Å². The molecule has 0 aromatic carbocycles. The summed E-state index contributed by atoms with van der Waals surface area (Å²) in [6.07, 6.45) is 0. The molecule has 0 N–H and O–H groups in total. The summed E-state index contributed by atoms with van der Waals surface area (Å²) in [4.78, 5) is 0. The van der Waals surface area contributed by atoms with Gasteiger partial charge in [-0.05, 0) is 11.2 Å². The number of rotatable bonds is 1. The molecule has 5 heteroatoms. The molecule has 1 rings (SSSR count). The summed E-state index contributed by atoms with van der Waals surface area (Å²) in [6.45, 7) is 2.73. The van der Waals surface area contributed by atoms with Crippen LogP contribution < -0.4 is 0 Å². The Morgan fingerprint density at radius 3 is 2.33 bits per heavy atom. The van der Waals surface area contributed by atoms with E-state index in [1.165, 1.54) is 0 Å². The Hall–Kier alpha value is 0.440. The smallest absolute Gasteiger partial charge is 0.223 e. The van der Waals surface area contributed by atoms with Crippen molar-refractivity contribution in [2.45, 2.75) is 0 Å². The van der Waals surface area contributed by atoms with Gasteiger partial charge in [0, 0.05) is 13.1 Å². The zero-order chi connectivity index (χ0) is 6.69. The predicted octanol–water partition coefficient (Wildman–Crippen LogP) is 0.947. The van der Waals surface area contributed by atoms with Crippen molar-refractivity contribution in [3.05, 3.63) is 0 Å². The zero-order valence-corrected chi connectivity index (χ0v) is 6.73. The van der Waals surface area contributed by atoms with Crippen LogP contribution in [0.5, 0.6) is 0 Å². The van der Waals surface area contributed by atoms with Crippen LogP contribution in [0.1, 0.15) is 0 Å². The van der Waals surface area contributed by atoms with Crippen molar-refractivity contribution in [1.29, 1.82) is 0 Å². The summed E-state index contributed by atoms with van der Waals surface area (Å²) >= 11 is 5.37. The molecule has 0 aromatic rings. The summed E-state index contributed by atoms with van der Waals surface area (Å²) < 4.78 is 17.4. The highest BCUT2D eigenvalue weighted by molar-refractivity contribution is 7.71. The molecule has 1 unspecified atom stereocenters. The molecule has 0 bridgehead atoms. The van der Waals surface area contributed by atoms with E-state index in [0.29, 0.717) is 26.3 Å². The van der Waals surface area contributed by atoms with E-state index in [4.69, 9.17) is 16.0 Å². The van der Waals surface area contributed by atoms with Gasteiger partial charge < -0.3 is 4.74 Å². The van der Waals surface area contributed by atoms with E-state index in [1.807, 2.05) is 0 Å². The maximum atomic E-state index is 10.6. The van der Waals surface area contributed by atoms with Crippen LogP contribution in [0.3, 0.4) is 0 Å². The quantitative estimate of drug-likeness (QED) is 0.548. The average molecular weight is 170 g/mol. The number of halogens is 1. The lowest BCUT2D eigenvalue weighted by Crippen LogP contribution is -2.30. The molecule has 1 saturated heterocycles. The Morgan fingerprint density at radius 1 is 1.44 bits per heavy atom. The van der Waals surface area contributed by atoms with Crippen molar-refractivity contribution in [3.63, 3.8) is 0 Å². The Balaban J connectivity index is 2.31. The Bertz CT molecular complexity index is 115. The van der Waals surface area contributed by atoms with E-state index in [1.54, 1.807) is 4.67 Å². The van der Waals surface area contributed by atoms with Gasteiger partial charge in [-0.1, -0.05) is 0 Å². The minimum atomic E-state index is -1.96. The lowest BCUT2D eigenvalue weighted by atomic mass is 10.5. The Morgan fingerprint density at radius 2 is 2.00 bits per heavy atom. The fraction of sp³-hybridized carbons (Fsp3) is 1.00. The van der Waals surface area contributed by atoms with Crippen LogP contribution in [-0.2, 0) is 9.30 Å². The summed E-state index contributed by atoms with van der Waals surface area (Å²) in [5.41, 5.74) is 0. The molecule has 9 heavy (non-hydrogen) atoms. The molecule has 0 aliphatic carbocycles. The third-order valence-electron chi connectivity index (χ3n) is 1.26. The highest BCUT2D eigenvalue weighted by atomic mass is 35.7. The van der Waals surface area contributed by atoms with Gasteiger partial charge in [-0.25, -0.2) is 4.67 Å². The number of hydrogen-bond acceptors (Lipinski definition) is 2. The molecule has 1 atom stereocenters. The van der Waals surface area contributed by atoms with Crippen molar-refractivity contribution in [2.24, 2.45) is 0 Å². The molecule has 0 saturated carbocycles. The highest BCUT2D eigenvalue weighted by Crippen LogP contribution is 2.32. The first-order chi connectivity index (χ1) is 4.30. The van der Waals surface area contributed by atoms with E-state index in [-0.39, 0.29) is 0 Å². The van der Waals surface area contributed by atoms with E-state index in [9.17, 15) is 4.57 Å². The van der Waals surface area contributed by atoms with Gasteiger partial charge in [-0.2, -0.15) is 0 Å². The van der Waals surface area contributed by atoms with Crippen molar-refractivity contribution in [1.82, 2.24) is 4.67 Å². The summed E-state index contributed by atoms with van der Waals surface area (Å²) in [6, 6.07) is 0. The molecule has 1 aliphatic rings. The average Bonchev–Trinajstić information content (AvgIpc) is 1.90. The van der Waals surface area contributed by atoms with Gasteiger partial charge >= 0.3 is 0 Å². The normalized spacial score (nSPS) is 25.9. The zero-order valence-electron chi connectivity index (χ0n) is 4.97. The summed E-state index contributed by atoms with van der Waals surface area (Å²) in [7, 11) is -1.96. The number of ether oxygens (including phenoxy) is 1. The second-order valence-corrected chi connectivity index (χ2v) is 3.96. The SMILES string of the molecule is O=[PH](Cl)N1CCOCC1. The summed E-state index contributed by atoms with van der Waals surface area (Å²) in [5.74, 6) is 0. The maximum Gasteiger partial charge on any atom is 0.223 e. The van der Waals surface area contributed by atoms with E-state index < -0.39 is 7.30 Å². The van der Waals surface area contributed by atoms with E-state index in [2.05, 4.69) is 0 Å². The van der Waals surface area contributed by atoms with Crippen molar-refractivity contribution >= 4 is 18.5 Å². The molecule has 1 fully saturated rings. The predicted molar refractivity (Wildman–Crippen MR) is 37.2 cm³/mol. The van der Waals surface area contributed by atoms with Crippen LogP contribution in [0.2, 0.25) is 0 Å². The molecular weight excluding hydrogens is 160 g/mol. The van der Waals surface area contributed by atoms with Gasteiger partial charge in [0.25, 0.3) is 0 Å².